The molecule has 1 atom stereocenters. The van der Waals surface area contributed by atoms with Crippen LogP contribution in [0.1, 0.15) is 41.6 Å². The largest absolute Gasteiger partial charge is 0.377 e. The number of piperidine rings is 1. The van der Waals surface area contributed by atoms with E-state index in [1.165, 1.54) is 12.5 Å². The second-order valence-electron chi connectivity index (χ2n) is 7.31. The highest BCUT2D eigenvalue weighted by atomic mass is 16.5. The van der Waals surface area contributed by atoms with E-state index in [4.69, 9.17) is 14.0 Å². The molecule has 2 aliphatic heterocycles. The molecule has 0 saturated carbocycles. The Morgan fingerprint density at radius 3 is 2.96 bits per heavy atom. The summed E-state index contributed by atoms with van der Waals surface area (Å²) < 4.78 is 16.8. The molecule has 2 aromatic heterocycles. The quantitative estimate of drug-likeness (QED) is 0.727. The van der Waals surface area contributed by atoms with Crippen molar-refractivity contribution in [3.8, 4) is 0 Å². The van der Waals surface area contributed by atoms with Gasteiger partial charge in [-0.3, -0.25) is 9.78 Å². The van der Waals surface area contributed by atoms with E-state index in [1.807, 2.05) is 23.2 Å². The molecule has 7 nitrogen and oxygen atoms in total. The third-order valence-electron chi connectivity index (χ3n) is 5.78. The molecule has 2 saturated heterocycles. The zero-order valence-corrected chi connectivity index (χ0v) is 15.4. The molecule has 0 N–H and O–H groups in total. The van der Waals surface area contributed by atoms with Crippen LogP contribution in [-0.2, 0) is 16.1 Å². The predicted octanol–water partition coefficient (Wildman–Crippen LogP) is 2.69. The number of carbonyl (C=O) groups is 1. The van der Waals surface area contributed by atoms with Gasteiger partial charge in [0.05, 0.1) is 24.0 Å². The van der Waals surface area contributed by atoms with Gasteiger partial charge in [-0.25, -0.2) is 0 Å². The molecule has 0 aliphatic carbocycles. The minimum absolute atomic E-state index is 0.0135. The lowest BCUT2D eigenvalue weighted by molar-refractivity contribution is -0.0675. The number of aromatic nitrogens is 2. The molecule has 27 heavy (non-hydrogen) atoms. The molecule has 2 aromatic rings. The number of ether oxygens (including phenoxy) is 2. The third-order valence-corrected chi connectivity index (χ3v) is 5.78. The highest BCUT2D eigenvalue weighted by Crippen LogP contribution is 2.42. The van der Waals surface area contributed by atoms with Gasteiger partial charge < -0.3 is 18.9 Å². The average Bonchev–Trinajstić information content (AvgIpc) is 3.37. The number of pyridine rings is 1. The Labute approximate surface area is 158 Å². The summed E-state index contributed by atoms with van der Waals surface area (Å²) >= 11 is 0. The fourth-order valence-corrected chi connectivity index (χ4v) is 4.23. The van der Waals surface area contributed by atoms with Crippen molar-refractivity contribution in [3.05, 3.63) is 48.1 Å². The highest BCUT2D eigenvalue weighted by Gasteiger charge is 2.46. The van der Waals surface area contributed by atoms with Gasteiger partial charge in [-0.2, -0.15) is 0 Å². The van der Waals surface area contributed by atoms with E-state index >= 15 is 0 Å². The monoisotopic (exact) mass is 371 g/mol. The topological polar surface area (TPSA) is 77.7 Å². The number of nitrogens with zero attached hydrogens (tertiary/aromatic N) is 3. The first kappa shape index (κ1) is 18.1. The Bertz CT molecular complexity index is 727. The van der Waals surface area contributed by atoms with Crippen LogP contribution in [0.15, 0.2) is 41.5 Å². The molecule has 0 radical (unpaired) electrons. The number of carbonyl (C=O) groups excluding carboxylic acids is 1. The molecule has 4 heterocycles. The zero-order chi connectivity index (χ0) is 18.5. The van der Waals surface area contributed by atoms with Gasteiger partial charge in [0.15, 0.2) is 0 Å². The van der Waals surface area contributed by atoms with Crippen molar-refractivity contribution in [3.63, 3.8) is 0 Å². The molecular weight excluding hydrogens is 346 g/mol. The summed E-state index contributed by atoms with van der Waals surface area (Å²) in [5, 5.41) is 3.62. The Hall–Kier alpha value is -2.25. The van der Waals surface area contributed by atoms with E-state index in [0.717, 1.165) is 37.9 Å². The van der Waals surface area contributed by atoms with Crippen LogP contribution in [0.4, 0.5) is 0 Å². The summed E-state index contributed by atoms with van der Waals surface area (Å²) in [4.78, 5) is 18.4. The van der Waals surface area contributed by atoms with Crippen LogP contribution in [0.2, 0.25) is 0 Å². The van der Waals surface area contributed by atoms with Crippen molar-refractivity contribution >= 4 is 5.91 Å². The van der Waals surface area contributed by atoms with Crippen LogP contribution >= 0.6 is 0 Å². The minimum atomic E-state index is -0.108. The summed E-state index contributed by atoms with van der Waals surface area (Å²) in [7, 11) is 0. The first-order valence-corrected chi connectivity index (χ1v) is 9.56. The van der Waals surface area contributed by atoms with Crippen LogP contribution in [0.25, 0.3) is 0 Å². The molecule has 1 spiro atoms. The fourth-order valence-electron chi connectivity index (χ4n) is 4.23. The number of hydrogen-bond acceptors (Lipinski definition) is 6. The summed E-state index contributed by atoms with van der Waals surface area (Å²) in [6, 6.07) is 3.95. The Morgan fingerprint density at radius 2 is 2.22 bits per heavy atom. The van der Waals surface area contributed by atoms with E-state index in [2.05, 4.69) is 10.1 Å². The van der Waals surface area contributed by atoms with E-state index in [-0.39, 0.29) is 11.5 Å². The minimum Gasteiger partial charge on any atom is -0.377 e. The zero-order valence-electron chi connectivity index (χ0n) is 15.4. The van der Waals surface area contributed by atoms with Gasteiger partial charge in [-0.05, 0) is 43.2 Å². The molecule has 0 bridgehead atoms. The molecular formula is C20H25N3O4. The first-order valence-electron chi connectivity index (χ1n) is 9.56. The maximum atomic E-state index is 12.5. The summed E-state index contributed by atoms with van der Waals surface area (Å²) in [5.41, 5.74) is 1.50. The number of hydrogen-bond donors (Lipinski definition) is 0. The lowest BCUT2D eigenvalue weighted by Crippen LogP contribution is -2.49. The van der Waals surface area contributed by atoms with Crippen LogP contribution in [-0.4, -0.2) is 52.9 Å². The molecule has 2 aliphatic rings. The lowest BCUT2D eigenvalue weighted by atomic mass is 9.78. The molecule has 1 amide bonds. The maximum Gasteiger partial charge on any atom is 0.258 e. The average molecular weight is 371 g/mol. The first-order chi connectivity index (χ1) is 13.3. The van der Waals surface area contributed by atoms with Gasteiger partial charge in [-0.15, -0.1) is 0 Å². The van der Waals surface area contributed by atoms with Gasteiger partial charge >= 0.3 is 0 Å². The van der Waals surface area contributed by atoms with E-state index in [9.17, 15) is 4.79 Å². The van der Waals surface area contributed by atoms with Crippen LogP contribution in [0, 0.1) is 5.92 Å². The Balaban J connectivity index is 1.26. The Kier molecular flexibility index (Phi) is 5.50. The molecule has 0 aromatic carbocycles. The van der Waals surface area contributed by atoms with Gasteiger partial charge in [0, 0.05) is 38.7 Å². The van der Waals surface area contributed by atoms with Gasteiger partial charge in [0.25, 0.3) is 5.91 Å². The normalized spacial score (nSPS) is 21.6. The third kappa shape index (κ3) is 4.04. The van der Waals surface area contributed by atoms with Crippen molar-refractivity contribution < 1.29 is 18.8 Å². The van der Waals surface area contributed by atoms with Crippen molar-refractivity contribution in [2.24, 2.45) is 5.92 Å². The molecule has 2 fully saturated rings. The smallest absolute Gasteiger partial charge is 0.258 e. The molecule has 7 heteroatoms. The van der Waals surface area contributed by atoms with Gasteiger partial charge in [0.1, 0.15) is 6.26 Å². The van der Waals surface area contributed by atoms with E-state index in [1.54, 1.807) is 6.20 Å². The Morgan fingerprint density at radius 1 is 1.33 bits per heavy atom. The second kappa shape index (κ2) is 8.19. The van der Waals surface area contributed by atoms with Crippen molar-refractivity contribution in [2.45, 2.75) is 37.9 Å². The van der Waals surface area contributed by atoms with Gasteiger partial charge in [0.2, 0.25) is 0 Å². The van der Waals surface area contributed by atoms with Crippen LogP contribution < -0.4 is 0 Å². The van der Waals surface area contributed by atoms with Crippen LogP contribution in [0.3, 0.4) is 0 Å². The van der Waals surface area contributed by atoms with E-state index in [0.29, 0.717) is 37.8 Å². The van der Waals surface area contributed by atoms with Gasteiger partial charge in [-0.1, -0.05) is 11.2 Å². The number of rotatable bonds is 6. The van der Waals surface area contributed by atoms with Crippen molar-refractivity contribution in [2.75, 3.05) is 26.3 Å². The fraction of sp³-hybridized carbons (Fsp3) is 0.550. The SMILES string of the molecule is O=C(c1cnoc1)N1CCC2(CC1)OCCC2CCOCc1cccnc1. The highest BCUT2D eigenvalue weighted by molar-refractivity contribution is 5.93. The van der Waals surface area contributed by atoms with E-state index < -0.39 is 0 Å². The number of amides is 1. The summed E-state index contributed by atoms with van der Waals surface area (Å²) in [6.07, 6.45) is 10.3. The summed E-state index contributed by atoms with van der Waals surface area (Å²) in [6.45, 7) is 3.52. The number of likely N-dealkylation sites (tertiary alicyclic amines) is 1. The van der Waals surface area contributed by atoms with Crippen molar-refractivity contribution in [1.29, 1.82) is 0 Å². The summed E-state index contributed by atoms with van der Waals surface area (Å²) in [5.74, 6) is 0.472. The van der Waals surface area contributed by atoms with Crippen LogP contribution in [0.5, 0.6) is 0 Å². The molecule has 1 unspecified atom stereocenters. The molecule has 144 valence electrons. The van der Waals surface area contributed by atoms with Crippen molar-refractivity contribution in [1.82, 2.24) is 15.0 Å². The second-order valence-corrected chi connectivity index (χ2v) is 7.31. The predicted molar refractivity (Wildman–Crippen MR) is 96.9 cm³/mol. The molecule has 4 rings (SSSR count). The lowest BCUT2D eigenvalue weighted by Gasteiger charge is -2.42. The standard InChI is InChI=1S/C20H25N3O4/c24-19(17-13-22-27-15-17)23-8-5-20(6-9-23)18(4-11-26-20)3-10-25-14-16-2-1-7-21-12-16/h1-2,7,12-13,15,18H,3-6,8-11,14H2. The maximum absolute atomic E-state index is 12.5.